The molecule has 1 N–H and O–H groups in total. The molecule has 0 unspecified atom stereocenters. The first kappa shape index (κ1) is 19.1. The molecular formula is C23H19N3O2S2. The molecule has 5 rings (SSSR count). The average Bonchev–Trinajstić information content (AvgIpc) is 3.46. The largest absolute Gasteiger partial charge is 0.352 e. The second kappa shape index (κ2) is 8.08. The number of nitrogens with zero attached hydrogens (tertiary/aromatic N) is 2. The van der Waals surface area contributed by atoms with Gasteiger partial charge in [0.1, 0.15) is 10.1 Å². The molecule has 1 saturated carbocycles. The lowest BCUT2D eigenvalue weighted by Crippen LogP contribution is -2.30. The van der Waals surface area contributed by atoms with Crippen molar-refractivity contribution in [1.29, 1.82) is 0 Å². The molecule has 1 fully saturated rings. The molecule has 2 aromatic heterocycles. The summed E-state index contributed by atoms with van der Waals surface area (Å²) in [4.78, 5) is 31.9. The van der Waals surface area contributed by atoms with Crippen molar-refractivity contribution >= 4 is 39.2 Å². The van der Waals surface area contributed by atoms with Gasteiger partial charge in [-0.25, -0.2) is 4.98 Å². The number of rotatable bonds is 6. The fourth-order valence-corrected chi connectivity index (χ4v) is 5.22. The van der Waals surface area contributed by atoms with E-state index in [0.29, 0.717) is 15.4 Å². The van der Waals surface area contributed by atoms with Gasteiger partial charge in [0.25, 0.3) is 5.56 Å². The Morgan fingerprint density at radius 1 is 1.07 bits per heavy atom. The summed E-state index contributed by atoms with van der Waals surface area (Å²) in [5.41, 5.74) is 1.50. The summed E-state index contributed by atoms with van der Waals surface area (Å²) in [6.45, 7) is 0. The number of carbonyl (C=O) groups is 1. The fourth-order valence-electron chi connectivity index (χ4n) is 3.29. The number of nitrogens with one attached hydrogen (secondary N) is 1. The monoisotopic (exact) mass is 433 g/mol. The molecule has 30 heavy (non-hydrogen) atoms. The van der Waals surface area contributed by atoms with Crippen LogP contribution in [0.15, 0.2) is 82.1 Å². The first-order valence-electron chi connectivity index (χ1n) is 9.78. The number of thiophene rings is 1. The minimum atomic E-state index is -0.494. The van der Waals surface area contributed by atoms with Crippen LogP contribution < -0.4 is 10.9 Å². The van der Waals surface area contributed by atoms with Crippen LogP contribution >= 0.6 is 23.1 Å². The smallest absolute Gasteiger partial charge is 0.267 e. The van der Waals surface area contributed by atoms with Crippen LogP contribution in [0, 0.1) is 0 Å². The third-order valence-electron chi connectivity index (χ3n) is 4.97. The molecule has 0 spiro atoms. The quantitative estimate of drug-likeness (QED) is 0.358. The summed E-state index contributed by atoms with van der Waals surface area (Å²) in [6.07, 6.45) is 2.04. The van der Waals surface area contributed by atoms with Crippen LogP contribution in [0.4, 0.5) is 0 Å². The number of fused-ring (bicyclic) bond motifs is 1. The molecule has 2 aromatic carbocycles. The Morgan fingerprint density at radius 2 is 1.77 bits per heavy atom. The van der Waals surface area contributed by atoms with E-state index in [-0.39, 0.29) is 17.5 Å². The van der Waals surface area contributed by atoms with Gasteiger partial charge in [-0.3, -0.25) is 14.2 Å². The van der Waals surface area contributed by atoms with Gasteiger partial charge in [-0.1, -0.05) is 60.3 Å². The Labute approximate surface area is 181 Å². The molecule has 1 aliphatic rings. The highest BCUT2D eigenvalue weighted by molar-refractivity contribution is 8.00. The lowest BCUT2D eigenvalue weighted by molar-refractivity contribution is -0.120. The summed E-state index contributed by atoms with van der Waals surface area (Å²) in [5, 5.41) is 5.59. The maximum Gasteiger partial charge on any atom is 0.267 e. The number of hydrogen-bond acceptors (Lipinski definition) is 5. The van der Waals surface area contributed by atoms with E-state index in [4.69, 9.17) is 4.98 Å². The predicted molar refractivity (Wildman–Crippen MR) is 121 cm³/mol. The maximum atomic E-state index is 13.3. The number of para-hydroxylation sites is 1. The van der Waals surface area contributed by atoms with Crippen LogP contribution in [-0.2, 0) is 4.79 Å². The first-order chi connectivity index (χ1) is 14.7. The molecule has 2 heterocycles. The summed E-state index contributed by atoms with van der Waals surface area (Å²) in [5.74, 6) is -0.0474. The molecule has 0 aliphatic heterocycles. The predicted octanol–water partition coefficient (Wildman–Crippen LogP) is 4.56. The van der Waals surface area contributed by atoms with Crippen LogP contribution in [0.3, 0.4) is 0 Å². The van der Waals surface area contributed by atoms with Crippen LogP contribution in [0.5, 0.6) is 0 Å². The highest BCUT2D eigenvalue weighted by Crippen LogP contribution is 2.37. The van der Waals surface area contributed by atoms with E-state index in [0.717, 1.165) is 24.1 Å². The lowest BCUT2D eigenvalue weighted by Gasteiger charge is -2.19. The molecule has 1 atom stereocenters. The van der Waals surface area contributed by atoms with Crippen molar-refractivity contribution in [1.82, 2.24) is 14.9 Å². The molecule has 150 valence electrons. The second-order valence-electron chi connectivity index (χ2n) is 7.20. The normalized spacial score (nSPS) is 14.5. The topological polar surface area (TPSA) is 64.0 Å². The van der Waals surface area contributed by atoms with Gasteiger partial charge in [-0.05, 0) is 42.0 Å². The Bertz CT molecular complexity index is 1250. The van der Waals surface area contributed by atoms with Gasteiger partial charge >= 0.3 is 0 Å². The molecule has 0 saturated heterocycles. The van der Waals surface area contributed by atoms with Crippen molar-refractivity contribution in [3.63, 3.8) is 0 Å². The van der Waals surface area contributed by atoms with E-state index in [9.17, 15) is 9.59 Å². The summed E-state index contributed by atoms with van der Waals surface area (Å²) in [7, 11) is 0. The number of amides is 1. The summed E-state index contributed by atoms with van der Waals surface area (Å²) < 4.78 is 1.61. The number of thioether (sulfide) groups is 1. The van der Waals surface area contributed by atoms with E-state index in [2.05, 4.69) is 5.32 Å². The van der Waals surface area contributed by atoms with E-state index < -0.39 is 5.25 Å². The number of aromatic nitrogens is 2. The van der Waals surface area contributed by atoms with E-state index in [1.54, 1.807) is 10.6 Å². The Hall–Kier alpha value is -2.90. The standard InChI is InChI=1S/C23H19N3O2S2/c27-20(24-16-11-12-16)19(15-7-3-1-4-8-15)30-23-25-21-18(13-14-29-21)22(28)26(23)17-9-5-2-6-10-17/h1-10,13-14,16,19H,11-12H2,(H,24,27)/t19-/m1/s1. The third kappa shape index (κ3) is 3.78. The van der Waals surface area contributed by atoms with Crippen LogP contribution in [0.2, 0.25) is 0 Å². The van der Waals surface area contributed by atoms with Crippen molar-refractivity contribution < 1.29 is 4.79 Å². The van der Waals surface area contributed by atoms with Crippen molar-refractivity contribution in [2.45, 2.75) is 29.3 Å². The van der Waals surface area contributed by atoms with Crippen molar-refractivity contribution in [3.05, 3.63) is 88.0 Å². The highest BCUT2D eigenvalue weighted by Gasteiger charge is 2.30. The van der Waals surface area contributed by atoms with Gasteiger partial charge in [-0.2, -0.15) is 0 Å². The van der Waals surface area contributed by atoms with Gasteiger partial charge < -0.3 is 5.32 Å². The van der Waals surface area contributed by atoms with Gasteiger partial charge in [0.15, 0.2) is 5.16 Å². The SMILES string of the molecule is O=C(NC1CC1)[C@H](Sc1nc2sccc2c(=O)n1-c1ccccc1)c1ccccc1. The van der Waals surface area contributed by atoms with Crippen LogP contribution in [-0.4, -0.2) is 21.5 Å². The van der Waals surface area contributed by atoms with Gasteiger partial charge in [0.2, 0.25) is 5.91 Å². The minimum Gasteiger partial charge on any atom is -0.352 e. The van der Waals surface area contributed by atoms with Crippen molar-refractivity contribution in [2.75, 3.05) is 0 Å². The van der Waals surface area contributed by atoms with Crippen molar-refractivity contribution in [2.24, 2.45) is 0 Å². The van der Waals surface area contributed by atoms with E-state index >= 15 is 0 Å². The zero-order chi connectivity index (χ0) is 20.5. The van der Waals surface area contributed by atoms with Crippen LogP contribution in [0.1, 0.15) is 23.7 Å². The Kier molecular flexibility index (Phi) is 5.14. The number of benzene rings is 2. The van der Waals surface area contributed by atoms with Gasteiger partial charge in [-0.15, -0.1) is 11.3 Å². The lowest BCUT2D eigenvalue weighted by atomic mass is 10.1. The molecule has 4 aromatic rings. The average molecular weight is 434 g/mol. The molecule has 7 heteroatoms. The summed E-state index contributed by atoms with van der Waals surface area (Å²) in [6, 6.07) is 21.2. The second-order valence-corrected chi connectivity index (χ2v) is 9.17. The number of hydrogen-bond donors (Lipinski definition) is 1. The third-order valence-corrected chi connectivity index (χ3v) is 6.98. The molecule has 5 nitrogen and oxygen atoms in total. The Balaban J connectivity index is 1.63. The molecule has 1 aliphatic carbocycles. The van der Waals surface area contributed by atoms with Gasteiger partial charge in [0, 0.05) is 6.04 Å². The minimum absolute atomic E-state index is 0.0474. The van der Waals surface area contributed by atoms with Crippen molar-refractivity contribution in [3.8, 4) is 5.69 Å². The number of carbonyl (C=O) groups excluding carboxylic acids is 1. The van der Waals surface area contributed by atoms with E-state index in [1.165, 1.54) is 23.1 Å². The zero-order valence-corrected chi connectivity index (χ0v) is 17.7. The highest BCUT2D eigenvalue weighted by atomic mass is 32.2. The maximum absolute atomic E-state index is 13.3. The van der Waals surface area contributed by atoms with Crippen LogP contribution in [0.25, 0.3) is 15.9 Å². The molecule has 1 amide bonds. The zero-order valence-electron chi connectivity index (χ0n) is 16.0. The summed E-state index contributed by atoms with van der Waals surface area (Å²) >= 11 is 2.75. The fraction of sp³-hybridized carbons (Fsp3) is 0.174. The molecule has 0 radical (unpaired) electrons. The molecular weight excluding hydrogens is 414 g/mol. The van der Waals surface area contributed by atoms with E-state index in [1.807, 2.05) is 66.0 Å². The first-order valence-corrected chi connectivity index (χ1v) is 11.5. The van der Waals surface area contributed by atoms with Gasteiger partial charge in [0.05, 0.1) is 11.1 Å². The molecule has 0 bridgehead atoms. The Morgan fingerprint density at radius 3 is 2.47 bits per heavy atom.